The van der Waals surface area contributed by atoms with Gasteiger partial charge in [0.2, 0.25) is 6.23 Å². The van der Waals surface area contributed by atoms with E-state index in [-0.39, 0.29) is 22.1 Å². The molecule has 1 atom stereocenters. The van der Waals surface area contributed by atoms with Gasteiger partial charge in [-0.1, -0.05) is 41.9 Å². The van der Waals surface area contributed by atoms with Crippen molar-refractivity contribution in [1.29, 1.82) is 0 Å². The minimum atomic E-state index is -2.65. The normalized spacial score (nSPS) is 14.6. The van der Waals surface area contributed by atoms with Crippen LogP contribution < -0.4 is 14.9 Å². The van der Waals surface area contributed by atoms with E-state index in [1.807, 2.05) is 30.3 Å². The Labute approximate surface area is 175 Å². The minimum Gasteiger partial charge on any atom is -0.486 e. The molecule has 0 amide bonds. The zero-order valence-corrected chi connectivity index (χ0v) is 16.5. The molecule has 0 radical (unpaired) electrons. The van der Waals surface area contributed by atoms with Gasteiger partial charge in [-0.2, -0.15) is 0 Å². The summed E-state index contributed by atoms with van der Waals surface area (Å²) in [4.78, 5) is 24.4. The second-order valence-electron chi connectivity index (χ2n) is 6.76. The summed E-state index contributed by atoms with van der Waals surface area (Å²) in [5.74, 6) is 0.0212. The second kappa shape index (κ2) is 7.91. The maximum Gasteiger partial charge on any atom is 0.272 e. The van der Waals surface area contributed by atoms with Crippen LogP contribution in [-0.4, -0.2) is 23.4 Å². The number of aromatic nitrogens is 1. The molecule has 0 bridgehead atoms. The average Bonchev–Trinajstić information content (AvgIpc) is 2.72. The third-order valence-corrected chi connectivity index (χ3v) is 5.01. The van der Waals surface area contributed by atoms with Crippen LogP contribution >= 0.6 is 11.6 Å². The molecule has 8 heteroatoms. The van der Waals surface area contributed by atoms with E-state index in [4.69, 9.17) is 21.1 Å². The molecule has 0 saturated carbocycles. The van der Waals surface area contributed by atoms with Crippen LogP contribution in [0.2, 0.25) is 5.02 Å². The van der Waals surface area contributed by atoms with Crippen molar-refractivity contribution in [3.8, 4) is 22.8 Å². The SMILES string of the molecule is CC(=O)c1cn2c(cc1=O)-c1cc(Cl)c(OCC(F)F)cc1OC2c1ccccc1. The third-order valence-electron chi connectivity index (χ3n) is 4.71. The van der Waals surface area contributed by atoms with Crippen molar-refractivity contribution in [2.45, 2.75) is 19.6 Å². The fourth-order valence-electron chi connectivity index (χ4n) is 3.34. The molecule has 0 saturated heterocycles. The van der Waals surface area contributed by atoms with E-state index in [0.717, 1.165) is 5.56 Å². The monoisotopic (exact) mass is 431 g/mol. The first-order valence-corrected chi connectivity index (χ1v) is 9.46. The fourth-order valence-corrected chi connectivity index (χ4v) is 3.56. The van der Waals surface area contributed by atoms with Gasteiger partial charge in [-0.3, -0.25) is 9.59 Å². The molecular weight excluding hydrogens is 416 g/mol. The molecule has 2 heterocycles. The number of hydrogen-bond acceptors (Lipinski definition) is 4. The summed E-state index contributed by atoms with van der Waals surface area (Å²) in [7, 11) is 0. The van der Waals surface area contributed by atoms with Crippen LogP contribution in [0, 0.1) is 0 Å². The van der Waals surface area contributed by atoms with Crippen molar-refractivity contribution in [2.24, 2.45) is 0 Å². The van der Waals surface area contributed by atoms with Crippen molar-refractivity contribution < 1.29 is 23.0 Å². The lowest BCUT2D eigenvalue weighted by Gasteiger charge is -2.32. The van der Waals surface area contributed by atoms with E-state index in [1.165, 1.54) is 31.3 Å². The molecule has 1 unspecified atom stereocenters. The lowest BCUT2D eigenvalue weighted by atomic mass is 10.0. The first-order chi connectivity index (χ1) is 14.3. The van der Waals surface area contributed by atoms with Crippen LogP contribution in [0.3, 0.4) is 0 Å². The highest BCUT2D eigenvalue weighted by Crippen LogP contribution is 2.44. The van der Waals surface area contributed by atoms with Crippen LogP contribution in [0.5, 0.6) is 11.5 Å². The van der Waals surface area contributed by atoms with E-state index in [9.17, 15) is 18.4 Å². The predicted molar refractivity (Wildman–Crippen MR) is 108 cm³/mol. The summed E-state index contributed by atoms with van der Waals surface area (Å²) in [6.07, 6.45) is -1.87. The van der Waals surface area contributed by atoms with Crippen molar-refractivity contribution in [1.82, 2.24) is 4.57 Å². The van der Waals surface area contributed by atoms with Gasteiger partial charge in [0.1, 0.15) is 18.1 Å². The van der Waals surface area contributed by atoms with Gasteiger partial charge in [0.15, 0.2) is 11.2 Å². The number of fused-ring (bicyclic) bond motifs is 3. The number of ether oxygens (including phenoxy) is 2. The fraction of sp³-hybridized carbons (Fsp3) is 0.182. The maximum atomic E-state index is 12.6. The maximum absolute atomic E-state index is 12.6. The van der Waals surface area contributed by atoms with Crippen molar-refractivity contribution >= 4 is 17.4 Å². The molecule has 1 aliphatic rings. The second-order valence-corrected chi connectivity index (χ2v) is 7.17. The summed E-state index contributed by atoms with van der Waals surface area (Å²) in [6, 6.07) is 13.5. The van der Waals surface area contributed by atoms with E-state index >= 15 is 0 Å². The van der Waals surface area contributed by atoms with E-state index in [1.54, 1.807) is 4.57 Å². The van der Waals surface area contributed by atoms with Crippen LogP contribution in [-0.2, 0) is 0 Å². The van der Waals surface area contributed by atoms with E-state index in [2.05, 4.69) is 0 Å². The number of carbonyl (C=O) groups is 1. The Kier molecular flexibility index (Phi) is 5.30. The van der Waals surface area contributed by atoms with Gasteiger partial charge in [-0.25, -0.2) is 8.78 Å². The van der Waals surface area contributed by atoms with Crippen molar-refractivity contribution in [2.75, 3.05) is 6.61 Å². The highest BCUT2D eigenvalue weighted by molar-refractivity contribution is 6.32. The quantitative estimate of drug-likeness (QED) is 0.536. The molecule has 30 heavy (non-hydrogen) atoms. The molecule has 154 valence electrons. The molecule has 1 aromatic heterocycles. The Morgan fingerprint density at radius 3 is 2.63 bits per heavy atom. The van der Waals surface area contributed by atoms with Crippen molar-refractivity contribution in [3.63, 3.8) is 0 Å². The molecule has 4 rings (SSSR count). The highest BCUT2D eigenvalue weighted by Gasteiger charge is 2.29. The predicted octanol–water partition coefficient (Wildman–Crippen LogP) is 4.95. The first kappa shape index (κ1) is 20.1. The Morgan fingerprint density at radius 2 is 1.97 bits per heavy atom. The summed E-state index contributed by atoms with van der Waals surface area (Å²) in [5, 5.41) is 0.103. The summed E-state index contributed by atoms with van der Waals surface area (Å²) in [5.41, 5.74) is 1.36. The Balaban J connectivity index is 1.91. The smallest absolute Gasteiger partial charge is 0.272 e. The number of hydrogen-bond donors (Lipinski definition) is 0. The number of pyridine rings is 1. The van der Waals surface area contributed by atoms with Gasteiger partial charge in [-0.05, 0) is 13.0 Å². The third kappa shape index (κ3) is 3.68. The number of rotatable bonds is 5. The molecule has 5 nitrogen and oxygen atoms in total. The number of ketones is 1. The van der Waals surface area contributed by atoms with Crippen LogP contribution in [0.15, 0.2) is 59.5 Å². The van der Waals surface area contributed by atoms with Gasteiger partial charge in [-0.15, -0.1) is 0 Å². The lowest BCUT2D eigenvalue weighted by Crippen LogP contribution is -2.27. The molecular formula is C22H16ClF2NO4. The van der Waals surface area contributed by atoms with Gasteiger partial charge in [0, 0.05) is 29.5 Å². The lowest BCUT2D eigenvalue weighted by molar-refractivity contribution is 0.0815. The molecule has 2 aromatic carbocycles. The van der Waals surface area contributed by atoms with E-state index < -0.39 is 24.7 Å². The highest BCUT2D eigenvalue weighted by atomic mass is 35.5. The Morgan fingerprint density at radius 1 is 1.23 bits per heavy atom. The molecule has 0 N–H and O–H groups in total. The number of nitrogens with zero attached hydrogens (tertiary/aromatic N) is 1. The molecule has 1 aliphatic heterocycles. The first-order valence-electron chi connectivity index (χ1n) is 9.08. The van der Waals surface area contributed by atoms with Crippen LogP contribution in [0.1, 0.15) is 29.1 Å². The average molecular weight is 432 g/mol. The number of alkyl halides is 2. The standard InChI is InChI=1S/C22H16ClF2NO4/c1-12(27)15-10-26-17(8-18(15)28)14-7-16(23)20(29-11-21(24)25)9-19(14)30-22(26)13-5-3-2-4-6-13/h2-10,21-22H,11H2,1H3. The van der Waals surface area contributed by atoms with Crippen molar-refractivity contribution in [3.05, 3.63) is 81.1 Å². The van der Waals surface area contributed by atoms with Gasteiger partial charge < -0.3 is 14.0 Å². The van der Waals surface area contributed by atoms with Crippen LogP contribution in [0.4, 0.5) is 8.78 Å². The Bertz CT molecular complexity index is 1180. The molecule has 0 spiro atoms. The number of benzene rings is 2. The van der Waals surface area contributed by atoms with Gasteiger partial charge in [0.05, 0.1) is 16.3 Å². The van der Waals surface area contributed by atoms with Crippen LogP contribution in [0.25, 0.3) is 11.3 Å². The number of Topliss-reactive ketones (excluding diaryl/α,β-unsaturated/α-hetero) is 1. The largest absolute Gasteiger partial charge is 0.486 e. The summed E-state index contributed by atoms with van der Waals surface area (Å²) >= 11 is 6.22. The number of carbonyl (C=O) groups excluding carboxylic acids is 1. The van der Waals surface area contributed by atoms with E-state index in [0.29, 0.717) is 17.0 Å². The molecule has 3 aromatic rings. The zero-order chi connectivity index (χ0) is 21.4. The minimum absolute atomic E-state index is 0.0368. The zero-order valence-electron chi connectivity index (χ0n) is 15.8. The topological polar surface area (TPSA) is 57.5 Å². The Hall–Kier alpha value is -3.19. The van der Waals surface area contributed by atoms with Gasteiger partial charge in [0.25, 0.3) is 6.43 Å². The van der Waals surface area contributed by atoms with Gasteiger partial charge >= 0.3 is 0 Å². The summed E-state index contributed by atoms with van der Waals surface area (Å²) < 4.78 is 38.0. The number of halogens is 3. The molecule has 0 aliphatic carbocycles. The molecule has 0 fully saturated rings. The summed E-state index contributed by atoms with van der Waals surface area (Å²) in [6.45, 7) is 0.515.